The number of anilines is 1. The zero-order valence-corrected chi connectivity index (χ0v) is 19.2. The minimum absolute atomic E-state index is 0.0970. The summed E-state index contributed by atoms with van der Waals surface area (Å²) in [6.45, 7) is 3.74. The summed E-state index contributed by atoms with van der Waals surface area (Å²) in [4.78, 5) is 17.4. The monoisotopic (exact) mass is 453 g/mol. The Hall–Kier alpha value is -3.39. The molecule has 1 N–H and O–H groups in total. The van der Waals surface area contributed by atoms with Crippen LogP contribution in [0.15, 0.2) is 78.0 Å². The van der Waals surface area contributed by atoms with Gasteiger partial charge in [0, 0.05) is 12.7 Å². The number of benzene rings is 2. The van der Waals surface area contributed by atoms with Gasteiger partial charge in [-0.05, 0) is 42.7 Å². The van der Waals surface area contributed by atoms with Gasteiger partial charge in [-0.15, -0.1) is 0 Å². The number of carbonyl (C=O) groups excluding carboxylic acids is 1. The van der Waals surface area contributed by atoms with Crippen LogP contribution in [0.1, 0.15) is 24.5 Å². The Bertz CT molecular complexity index is 1170. The van der Waals surface area contributed by atoms with E-state index in [4.69, 9.17) is 4.74 Å². The number of sulfonamides is 1. The second-order valence-corrected chi connectivity index (χ2v) is 8.96. The SMILES string of the molecule is CCC(C(=O)NCc1ccccc1)N(c1ccccc1OC)S(=O)(=O)c1ncccc1C. The van der Waals surface area contributed by atoms with Crippen LogP contribution in [0.25, 0.3) is 0 Å². The predicted molar refractivity (Wildman–Crippen MR) is 124 cm³/mol. The lowest BCUT2D eigenvalue weighted by atomic mass is 10.1. The third kappa shape index (κ3) is 4.91. The molecule has 168 valence electrons. The van der Waals surface area contributed by atoms with Crippen LogP contribution >= 0.6 is 0 Å². The maximum absolute atomic E-state index is 13.8. The Balaban J connectivity index is 2.06. The van der Waals surface area contributed by atoms with E-state index in [1.54, 1.807) is 50.2 Å². The number of methoxy groups -OCH3 is 1. The van der Waals surface area contributed by atoms with E-state index in [9.17, 15) is 13.2 Å². The molecule has 0 aliphatic carbocycles. The smallest absolute Gasteiger partial charge is 0.282 e. The standard InChI is InChI=1S/C24H27N3O4S/c1-4-20(23(28)26-17-19-12-6-5-7-13-19)27(21-14-8-9-15-22(21)31-3)32(29,30)24-18(2)11-10-16-25-24/h5-16,20H,4,17H2,1-3H3,(H,26,28). The highest BCUT2D eigenvalue weighted by atomic mass is 32.2. The van der Waals surface area contributed by atoms with Crippen molar-refractivity contribution in [2.45, 2.75) is 37.9 Å². The molecule has 3 aromatic rings. The van der Waals surface area contributed by atoms with Crippen LogP contribution in [0.4, 0.5) is 5.69 Å². The Kier molecular flexibility index (Phi) is 7.48. The fraction of sp³-hybridized carbons (Fsp3) is 0.250. The zero-order chi connectivity index (χ0) is 23.1. The van der Waals surface area contributed by atoms with Gasteiger partial charge in [-0.25, -0.2) is 9.29 Å². The Labute approximate surface area is 189 Å². The van der Waals surface area contributed by atoms with E-state index < -0.39 is 22.0 Å². The van der Waals surface area contributed by atoms with Crippen molar-refractivity contribution in [2.75, 3.05) is 11.4 Å². The van der Waals surface area contributed by atoms with Crippen molar-refractivity contribution in [1.82, 2.24) is 10.3 Å². The minimum Gasteiger partial charge on any atom is -0.495 e. The first kappa shape index (κ1) is 23.3. The number of aryl methyl sites for hydroxylation is 1. The molecule has 0 fully saturated rings. The largest absolute Gasteiger partial charge is 0.495 e. The number of carbonyl (C=O) groups is 1. The molecule has 1 heterocycles. The van der Waals surface area contributed by atoms with Gasteiger partial charge in [-0.3, -0.25) is 4.79 Å². The zero-order valence-electron chi connectivity index (χ0n) is 18.4. The van der Waals surface area contributed by atoms with E-state index in [-0.39, 0.29) is 17.1 Å². The highest BCUT2D eigenvalue weighted by Crippen LogP contribution is 2.35. The molecule has 0 spiro atoms. The van der Waals surface area contributed by atoms with E-state index in [2.05, 4.69) is 10.3 Å². The molecule has 7 nitrogen and oxygen atoms in total. The Morgan fingerprint density at radius 2 is 1.75 bits per heavy atom. The third-order valence-electron chi connectivity index (χ3n) is 5.07. The fourth-order valence-corrected chi connectivity index (χ4v) is 5.32. The summed E-state index contributed by atoms with van der Waals surface area (Å²) in [5, 5.41) is 2.77. The number of amides is 1. The number of rotatable bonds is 9. The molecule has 1 aromatic heterocycles. The maximum atomic E-state index is 13.8. The van der Waals surface area contributed by atoms with E-state index in [0.717, 1.165) is 9.87 Å². The normalized spacial score (nSPS) is 12.1. The molecule has 3 rings (SSSR count). The van der Waals surface area contributed by atoms with Gasteiger partial charge in [-0.1, -0.05) is 55.5 Å². The number of ether oxygens (including phenoxy) is 1. The van der Waals surface area contributed by atoms with Crippen LogP contribution in [-0.2, 0) is 21.4 Å². The van der Waals surface area contributed by atoms with Crippen LogP contribution in [0.3, 0.4) is 0 Å². The lowest BCUT2D eigenvalue weighted by molar-refractivity contribution is -0.122. The first-order valence-electron chi connectivity index (χ1n) is 10.3. The van der Waals surface area contributed by atoms with Gasteiger partial charge in [0.15, 0.2) is 5.03 Å². The number of aromatic nitrogens is 1. The number of hydrogen-bond acceptors (Lipinski definition) is 5. The maximum Gasteiger partial charge on any atom is 0.282 e. The van der Waals surface area contributed by atoms with Crippen molar-refractivity contribution in [3.05, 3.63) is 84.1 Å². The second-order valence-electron chi connectivity index (χ2n) is 7.23. The average Bonchev–Trinajstić information content (AvgIpc) is 2.81. The summed E-state index contributed by atoms with van der Waals surface area (Å²) < 4.78 is 34.2. The van der Waals surface area contributed by atoms with Crippen molar-refractivity contribution in [3.63, 3.8) is 0 Å². The van der Waals surface area contributed by atoms with Crippen LogP contribution < -0.4 is 14.4 Å². The van der Waals surface area contributed by atoms with Gasteiger partial charge in [0.1, 0.15) is 11.8 Å². The first-order valence-corrected chi connectivity index (χ1v) is 11.7. The van der Waals surface area contributed by atoms with Crippen LogP contribution in [0.2, 0.25) is 0 Å². The third-order valence-corrected chi connectivity index (χ3v) is 6.95. The van der Waals surface area contributed by atoms with Gasteiger partial charge in [0.25, 0.3) is 10.0 Å². The topological polar surface area (TPSA) is 88.6 Å². The molecular weight excluding hydrogens is 426 g/mol. The summed E-state index contributed by atoms with van der Waals surface area (Å²) in [7, 11) is -2.71. The van der Waals surface area contributed by atoms with E-state index >= 15 is 0 Å². The number of pyridine rings is 1. The lowest BCUT2D eigenvalue weighted by Gasteiger charge is -2.32. The van der Waals surface area contributed by atoms with Gasteiger partial charge < -0.3 is 10.1 Å². The minimum atomic E-state index is -4.18. The molecule has 32 heavy (non-hydrogen) atoms. The van der Waals surface area contributed by atoms with Crippen LogP contribution in [-0.4, -0.2) is 32.5 Å². The summed E-state index contributed by atoms with van der Waals surface area (Å²) in [5.74, 6) is -0.0570. The summed E-state index contributed by atoms with van der Waals surface area (Å²) in [6.07, 6.45) is 1.68. The van der Waals surface area contributed by atoms with Gasteiger partial charge in [0.2, 0.25) is 5.91 Å². The van der Waals surface area contributed by atoms with E-state index in [0.29, 0.717) is 17.9 Å². The molecule has 0 saturated carbocycles. The van der Waals surface area contributed by atoms with Crippen molar-refractivity contribution in [2.24, 2.45) is 0 Å². The summed E-state index contributed by atoms with van der Waals surface area (Å²) in [5.41, 5.74) is 1.69. The predicted octanol–water partition coefficient (Wildman–Crippen LogP) is 3.69. The fourth-order valence-electron chi connectivity index (χ4n) is 3.47. The second kappa shape index (κ2) is 10.3. The molecule has 1 atom stereocenters. The number of hydrogen-bond donors (Lipinski definition) is 1. The van der Waals surface area contributed by atoms with Gasteiger partial charge in [-0.2, -0.15) is 8.42 Å². The van der Waals surface area contributed by atoms with Crippen LogP contribution in [0.5, 0.6) is 5.75 Å². The molecule has 2 aromatic carbocycles. The van der Waals surface area contributed by atoms with E-state index in [1.165, 1.54) is 13.3 Å². The Morgan fingerprint density at radius 3 is 2.41 bits per heavy atom. The molecule has 0 bridgehead atoms. The van der Waals surface area contributed by atoms with Gasteiger partial charge >= 0.3 is 0 Å². The summed E-state index contributed by atoms with van der Waals surface area (Å²) in [6, 6.07) is 18.5. The van der Waals surface area contributed by atoms with Crippen molar-refractivity contribution < 1.29 is 17.9 Å². The molecular formula is C24H27N3O4S. The van der Waals surface area contributed by atoms with Crippen molar-refractivity contribution in [1.29, 1.82) is 0 Å². The van der Waals surface area contributed by atoms with E-state index in [1.807, 2.05) is 30.3 Å². The van der Waals surface area contributed by atoms with Gasteiger partial charge in [0.05, 0.1) is 12.8 Å². The molecule has 1 unspecified atom stereocenters. The summed E-state index contributed by atoms with van der Waals surface area (Å²) >= 11 is 0. The number of para-hydroxylation sites is 2. The first-order chi connectivity index (χ1) is 15.4. The highest BCUT2D eigenvalue weighted by molar-refractivity contribution is 7.92. The highest BCUT2D eigenvalue weighted by Gasteiger charge is 2.38. The quantitative estimate of drug-likeness (QED) is 0.534. The molecule has 0 aliphatic rings. The molecule has 8 heteroatoms. The molecule has 0 aliphatic heterocycles. The molecule has 1 amide bonds. The number of nitrogens with zero attached hydrogens (tertiary/aromatic N) is 2. The van der Waals surface area contributed by atoms with Crippen molar-refractivity contribution >= 4 is 21.6 Å². The van der Waals surface area contributed by atoms with Crippen molar-refractivity contribution in [3.8, 4) is 5.75 Å². The number of nitrogens with one attached hydrogen (secondary N) is 1. The molecule has 0 radical (unpaired) electrons. The Morgan fingerprint density at radius 1 is 1.06 bits per heavy atom. The average molecular weight is 454 g/mol. The van der Waals surface area contributed by atoms with Crippen LogP contribution in [0, 0.1) is 6.92 Å². The lowest BCUT2D eigenvalue weighted by Crippen LogP contribution is -2.49. The molecule has 0 saturated heterocycles.